The Labute approximate surface area is 113 Å². The van der Waals surface area contributed by atoms with Gasteiger partial charge in [0.05, 0.1) is 0 Å². The van der Waals surface area contributed by atoms with Gasteiger partial charge < -0.3 is 16.8 Å². The Morgan fingerprint density at radius 1 is 1.00 bits per heavy atom. The van der Waals surface area contributed by atoms with Crippen LogP contribution in [0.4, 0.5) is 11.4 Å². The maximum Gasteiger partial charge on any atom is 0.130 e. The molecular weight excluding hydrogens is 236 g/mol. The topological polar surface area (TPSA) is 76.4 Å². The van der Waals surface area contributed by atoms with E-state index in [1.54, 1.807) is 7.05 Å². The van der Waals surface area contributed by atoms with Crippen LogP contribution in [0.2, 0.25) is 0 Å². The van der Waals surface area contributed by atoms with Gasteiger partial charge >= 0.3 is 0 Å². The fourth-order valence-electron chi connectivity index (χ4n) is 1.88. The highest BCUT2D eigenvalue weighted by Crippen LogP contribution is 2.13. The van der Waals surface area contributed by atoms with Crippen molar-refractivity contribution in [2.24, 2.45) is 4.99 Å². The lowest BCUT2D eigenvalue weighted by Gasteiger charge is -2.12. The lowest BCUT2D eigenvalue weighted by Crippen LogP contribution is -2.25. The van der Waals surface area contributed by atoms with E-state index < -0.39 is 0 Å². The predicted molar refractivity (Wildman–Crippen MR) is 81.0 cm³/mol. The van der Waals surface area contributed by atoms with Crippen LogP contribution in [-0.2, 0) is 6.54 Å². The van der Waals surface area contributed by atoms with E-state index in [0.29, 0.717) is 12.2 Å². The predicted octanol–water partition coefficient (Wildman–Crippen LogP) is 2.02. The van der Waals surface area contributed by atoms with Crippen LogP contribution in [0.1, 0.15) is 11.1 Å². The number of hydrogen-bond donors (Lipinski definition) is 3. The van der Waals surface area contributed by atoms with Crippen molar-refractivity contribution in [3.8, 4) is 0 Å². The summed E-state index contributed by atoms with van der Waals surface area (Å²) >= 11 is 0. The van der Waals surface area contributed by atoms with Crippen molar-refractivity contribution in [1.82, 2.24) is 5.32 Å². The number of nitrogens with zero attached hydrogens (tertiary/aromatic N) is 1. The van der Waals surface area contributed by atoms with Crippen LogP contribution in [0, 0.1) is 0 Å². The zero-order valence-electron chi connectivity index (χ0n) is 10.9. The number of nitrogen functional groups attached to an aromatic ring is 2. The van der Waals surface area contributed by atoms with Gasteiger partial charge in [-0.3, -0.25) is 4.99 Å². The van der Waals surface area contributed by atoms with Crippen LogP contribution < -0.4 is 16.8 Å². The summed E-state index contributed by atoms with van der Waals surface area (Å²) < 4.78 is 0. The third kappa shape index (κ3) is 3.04. The molecule has 0 fully saturated rings. The Morgan fingerprint density at radius 2 is 1.63 bits per heavy atom. The molecule has 5 N–H and O–H groups in total. The molecule has 0 aliphatic heterocycles. The van der Waals surface area contributed by atoms with Gasteiger partial charge in [-0.05, 0) is 23.8 Å². The number of nitrogens with one attached hydrogen (secondary N) is 1. The van der Waals surface area contributed by atoms with Crippen LogP contribution in [0.5, 0.6) is 0 Å². The fourth-order valence-corrected chi connectivity index (χ4v) is 1.88. The second kappa shape index (κ2) is 5.91. The second-order valence-electron chi connectivity index (χ2n) is 4.21. The summed E-state index contributed by atoms with van der Waals surface area (Å²) in [6.07, 6.45) is 0. The highest BCUT2D eigenvalue weighted by molar-refractivity contribution is 6.02. The molecule has 2 aromatic carbocycles. The van der Waals surface area contributed by atoms with E-state index >= 15 is 0 Å². The molecule has 98 valence electrons. The Morgan fingerprint density at radius 3 is 2.26 bits per heavy atom. The van der Waals surface area contributed by atoms with Crippen molar-refractivity contribution in [2.75, 3.05) is 18.5 Å². The largest absolute Gasteiger partial charge is 0.398 e. The first-order valence-corrected chi connectivity index (χ1v) is 6.11. The molecule has 0 heterocycles. The molecule has 0 saturated heterocycles. The first-order valence-electron chi connectivity index (χ1n) is 6.11. The van der Waals surface area contributed by atoms with Crippen molar-refractivity contribution < 1.29 is 0 Å². The van der Waals surface area contributed by atoms with Gasteiger partial charge in [-0.25, -0.2) is 0 Å². The monoisotopic (exact) mass is 254 g/mol. The number of benzene rings is 2. The van der Waals surface area contributed by atoms with E-state index in [0.717, 1.165) is 22.6 Å². The first-order chi connectivity index (χ1) is 9.22. The smallest absolute Gasteiger partial charge is 0.130 e. The minimum Gasteiger partial charge on any atom is -0.398 e. The lowest BCUT2D eigenvalue weighted by molar-refractivity contribution is 0.914. The number of amidine groups is 1. The number of rotatable bonds is 3. The summed E-state index contributed by atoms with van der Waals surface area (Å²) in [5.74, 6) is 0.765. The van der Waals surface area contributed by atoms with Gasteiger partial charge in [0.1, 0.15) is 5.84 Å². The van der Waals surface area contributed by atoms with E-state index in [2.05, 4.69) is 10.3 Å². The zero-order valence-corrected chi connectivity index (χ0v) is 10.9. The average Bonchev–Trinajstić information content (AvgIpc) is 2.43. The third-order valence-corrected chi connectivity index (χ3v) is 2.94. The SMILES string of the molecule is CN=C(NCc1ccccc1N)c1ccccc1N. The lowest BCUT2D eigenvalue weighted by atomic mass is 10.1. The Bertz CT molecular complexity index is 590. The summed E-state index contributed by atoms with van der Waals surface area (Å²) in [6, 6.07) is 15.4. The zero-order chi connectivity index (χ0) is 13.7. The van der Waals surface area contributed by atoms with Gasteiger partial charge in [-0.15, -0.1) is 0 Å². The molecule has 0 aromatic heterocycles. The molecule has 2 aromatic rings. The molecule has 0 saturated carbocycles. The van der Waals surface area contributed by atoms with E-state index in [-0.39, 0.29) is 0 Å². The summed E-state index contributed by atoms with van der Waals surface area (Å²) in [7, 11) is 1.74. The number of nitrogens with two attached hydrogens (primary N) is 2. The van der Waals surface area contributed by atoms with E-state index in [1.807, 2.05) is 48.5 Å². The molecule has 0 amide bonds. The normalized spacial score (nSPS) is 11.3. The number of para-hydroxylation sites is 2. The minimum atomic E-state index is 0.619. The summed E-state index contributed by atoms with van der Waals surface area (Å²) in [5, 5.41) is 3.27. The van der Waals surface area contributed by atoms with Gasteiger partial charge in [0.25, 0.3) is 0 Å². The van der Waals surface area contributed by atoms with E-state index in [1.165, 1.54) is 0 Å². The number of aliphatic imine (C=N–C) groups is 1. The molecule has 0 spiro atoms. The van der Waals surface area contributed by atoms with Crippen molar-refractivity contribution in [2.45, 2.75) is 6.54 Å². The molecule has 0 atom stereocenters. The highest BCUT2D eigenvalue weighted by atomic mass is 15.0. The first kappa shape index (κ1) is 13.0. The van der Waals surface area contributed by atoms with Crippen molar-refractivity contribution >= 4 is 17.2 Å². The summed E-state index contributed by atoms with van der Waals surface area (Å²) in [6.45, 7) is 0.619. The summed E-state index contributed by atoms with van der Waals surface area (Å²) in [5.41, 5.74) is 15.3. The minimum absolute atomic E-state index is 0.619. The Balaban J connectivity index is 2.14. The van der Waals surface area contributed by atoms with E-state index in [4.69, 9.17) is 11.5 Å². The molecule has 2 rings (SSSR count). The quantitative estimate of drug-likeness (QED) is 0.445. The van der Waals surface area contributed by atoms with Crippen molar-refractivity contribution in [1.29, 1.82) is 0 Å². The van der Waals surface area contributed by atoms with Gasteiger partial charge in [0.2, 0.25) is 0 Å². The third-order valence-electron chi connectivity index (χ3n) is 2.94. The molecule has 4 heteroatoms. The molecule has 19 heavy (non-hydrogen) atoms. The molecule has 0 unspecified atom stereocenters. The van der Waals surface area contributed by atoms with Crippen LogP contribution >= 0.6 is 0 Å². The van der Waals surface area contributed by atoms with Crippen molar-refractivity contribution in [3.05, 3.63) is 59.7 Å². The van der Waals surface area contributed by atoms with Crippen molar-refractivity contribution in [3.63, 3.8) is 0 Å². The maximum atomic E-state index is 5.95. The maximum absolute atomic E-state index is 5.95. The van der Waals surface area contributed by atoms with Crippen LogP contribution in [0.25, 0.3) is 0 Å². The molecule has 4 nitrogen and oxygen atoms in total. The molecular formula is C15H18N4. The standard InChI is InChI=1S/C15H18N4/c1-18-15(12-7-3-5-9-14(12)17)19-10-11-6-2-4-8-13(11)16/h2-9H,10,16-17H2,1H3,(H,18,19). The van der Waals surface area contributed by atoms with E-state index in [9.17, 15) is 0 Å². The van der Waals surface area contributed by atoms with Crippen LogP contribution in [0.3, 0.4) is 0 Å². The van der Waals surface area contributed by atoms with Gasteiger partial charge in [-0.1, -0.05) is 30.3 Å². The second-order valence-corrected chi connectivity index (χ2v) is 4.21. The number of anilines is 2. The average molecular weight is 254 g/mol. The molecule has 0 aliphatic rings. The molecule has 0 radical (unpaired) electrons. The van der Waals surface area contributed by atoms with Gasteiger partial charge in [-0.2, -0.15) is 0 Å². The van der Waals surface area contributed by atoms with Gasteiger partial charge in [0.15, 0.2) is 0 Å². The van der Waals surface area contributed by atoms with Crippen LogP contribution in [-0.4, -0.2) is 12.9 Å². The highest BCUT2D eigenvalue weighted by Gasteiger charge is 2.06. The fraction of sp³-hybridized carbons (Fsp3) is 0.133. The number of hydrogen-bond acceptors (Lipinski definition) is 3. The molecule has 0 bridgehead atoms. The van der Waals surface area contributed by atoms with Crippen LogP contribution in [0.15, 0.2) is 53.5 Å². The summed E-state index contributed by atoms with van der Waals surface area (Å²) in [4.78, 5) is 4.25. The van der Waals surface area contributed by atoms with Gasteiger partial charge in [0, 0.05) is 30.5 Å². The Hall–Kier alpha value is -2.49. The molecule has 0 aliphatic carbocycles. The Kier molecular flexibility index (Phi) is 4.03.